The predicted molar refractivity (Wildman–Crippen MR) is 138 cm³/mol. The van der Waals surface area contributed by atoms with Gasteiger partial charge in [-0.05, 0) is 44.5 Å². The fourth-order valence-corrected chi connectivity index (χ4v) is 5.17. The van der Waals surface area contributed by atoms with Crippen molar-refractivity contribution in [1.29, 1.82) is 0 Å². The van der Waals surface area contributed by atoms with E-state index in [4.69, 9.17) is 9.72 Å². The number of aromatic nitrogens is 1. The summed E-state index contributed by atoms with van der Waals surface area (Å²) in [6.45, 7) is 13.5. The van der Waals surface area contributed by atoms with E-state index in [-0.39, 0.29) is 5.54 Å². The highest BCUT2D eigenvalue weighted by molar-refractivity contribution is 9.11. The van der Waals surface area contributed by atoms with Gasteiger partial charge in [-0.15, -0.1) is 0 Å². The van der Waals surface area contributed by atoms with Gasteiger partial charge in [-0.1, -0.05) is 46.3 Å². The number of nitrogens with zero attached hydrogens (tertiary/aromatic N) is 4. The van der Waals surface area contributed by atoms with Gasteiger partial charge in [-0.2, -0.15) is 0 Å². The quantitative estimate of drug-likeness (QED) is 0.577. The molecule has 1 fully saturated rings. The van der Waals surface area contributed by atoms with Gasteiger partial charge in [0.05, 0.1) is 0 Å². The Morgan fingerprint density at radius 3 is 2.76 bits per heavy atom. The second-order valence-electron chi connectivity index (χ2n) is 10.2. The smallest absolute Gasteiger partial charge is 0.152 e. The van der Waals surface area contributed by atoms with Crippen LogP contribution in [0.3, 0.4) is 0 Å². The van der Waals surface area contributed by atoms with Crippen molar-refractivity contribution >= 4 is 26.8 Å². The lowest BCUT2D eigenvalue weighted by Gasteiger charge is -2.39. The maximum atomic E-state index is 6.24. The highest BCUT2D eigenvalue weighted by Gasteiger charge is 2.29. The molecule has 174 valence electrons. The third kappa shape index (κ3) is 4.94. The maximum absolute atomic E-state index is 6.24. The van der Waals surface area contributed by atoms with Crippen LogP contribution in [0.5, 0.6) is 5.75 Å². The molecular formula is C27H33BrN4O. The van der Waals surface area contributed by atoms with Gasteiger partial charge in [0.1, 0.15) is 12.2 Å². The van der Waals surface area contributed by atoms with Gasteiger partial charge in [0.2, 0.25) is 0 Å². The molecule has 0 N–H and O–H groups in total. The predicted octanol–water partition coefficient (Wildman–Crippen LogP) is 5.08. The number of rotatable bonds is 3. The molecule has 0 bridgehead atoms. The first-order valence-corrected chi connectivity index (χ1v) is 12.6. The summed E-state index contributed by atoms with van der Waals surface area (Å²) in [6, 6.07) is 6.97. The summed E-state index contributed by atoms with van der Waals surface area (Å²) in [4.78, 5) is 12.2. The molecule has 1 unspecified atom stereocenters. The lowest BCUT2D eigenvalue weighted by Crippen LogP contribution is -2.49. The molecule has 1 aromatic heterocycles. The molecule has 2 aromatic rings. The fraction of sp³-hybridized carbons (Fsp3) is 0.444. The topological polar surface area (TPSA) is 31.8 Å². The van der Waals surface area contributed by atoms with E-state index < -0.39 is 0 Å². The van der Waals surface area contributed by atoms with Crippen molar-refractivity contribution in [3.63, 3.8) is 0 Å². The Morgan fingerprint density at radius 2 is 1.97 bits per heavy atom. The highest BCUT2D eigenvalue weighted by Crippen LogP contribution is 2.37. The van der Waals surface area contributed by atoms with E-state index in [1.165, 1.54) is 16.5 Å². The van der Waals surface area contributed by atoms with E-state index in [1.54, 1.807) is 0 Å². The molecule has 1 atom stereocenters. The SMILES string of the molecule is CC(C)(C)N1COc2c(cc(CN3CCN(C4C=CC=C(Br)C=C4)CC3)c3cccnc23)C1. The standard InChI is InChI=1S/C27H33BrN4O/c1-27(2,3)32-18-21-16-20(24-8-5-11-29-25(24)26(21)33-19-32)17-30-12-14-31(15-13-30)23-7-4-6-22(28)9-10-23/h4-11,16,23H,12-15,17-19H2,1-3H3. The van der Waals surface area contributed by atoms with Crippen LogP contribution < -0.4 is 4.74 Å². The average Bonchev–Trinajstić information content (AvgIpc) is 3.03. The van der Waals surface area contributed by atoms with Crippen LogP contribution in [0.1, 0.15) is 31.9 Å². The van der Waals surface area contributed by atoms with Crippen LogP contribution in [-0.4, -0.2) is 64.2 Å². The monoisotopic (exact) mass is 508 g/mol. The van der Waals surface area contributed by atoms with Crippen LogP contribution in [0.25, 0.3) is 10.9 Å². The van der Waals surface area contributed by atoms with Gasteiger partial charge in [-0.25, -0.2) is 0 Å². The van der Waals surface area contributed by atoms with Crippen molar-refractivity contribution in [2.45, 2.75) is 45.4 Å². The Morgan fingerprint density at radius 1 is 1.15 bits per heavy atom. The molecule has 0 amide bonds. The van der Waals surface area contributed by atoms with E-state index in [2.05, 4.69) is 93.9 Å². The molecule has 33 heavy (non-hydrogen) atoms. The zero-order chi connectivity index (χ0) is 23.0. The van der Waals surface area contributed by atoms with Crippen LogP contribution in [0.15, 0.2) is 59.3 Å². The van der Waals surface area contributed by atoms with Gasteiger partial charge >= 0.3 is 0 Å². The summed E-state index contributed by atoms with van der Waals surface area (Å²) in [6.07, 6.45) is 12.9. The molecule has 0 spiro atoms. The molecule has 3 heterocycles. The normalized spacial score (nSPS) is 22.7. The molecule has 2 aliphatic heterocycles. The zero-order valence-electron chi connectivity index (χ0n) is 19.8. The molecule has 0 radical (unpaired) electrons. The Balaban J connectivity index is 1.33. The molecule has 1 aliphatic carbocycles. The molecule has 5 rings (SSSR count). The van der Waals surface area contributed by atoms with Gasteiger partial charge in [0.15, 0.2) is 5.75 Å². The number of allylic oxidation sites excluding steroid dienone is 4. The number of hydrogen-bond donors (Lipinski definition) is 0. The first kappa shape index (κ1) is 22.8. The van der Waals surface area contributed by atoms with E-state index in [9.17, 15) is 0 Å². The Hall–Kier alpha value is -1.99. The first-order chi connectivity index (χ1) is 15.9. The summed E-state index contributed by atoms with van der Waals surface area (Å²) in [5, 5.41) is 1.22. The van der Waals surface area contributed by atoms with E-state index in [1.807, 2.05) is 12.3 Å². The van der Waals surface area contributed by atoms with Crippen LogP contribution >= 0.6 is 15.9 Å². The van der Waals surface area contributed by atoms with E-state index in [0.717, 1.165) is 55.0 Å². The molecular weight excluding hydrogens is 476 g/mol. The van der Waals surface area contributed by atoms with Gasteiger partial charge in [0, 0.05) is 72.5 Å². The summed E-state index contributed by atoms with van der Waals surface area (Å²) in [5.74, 6) is 0.964. The molecule has 3 aliphatic rings. The fourth-order valence-electron chi connectivity index (χ4n) is 4.86. The number of benzene rings is 1. The lowest BCUT2D eigenvalue weighted by molar-refractivity contribution is 0.0227. The maximum Gasteiger partial charge on any atom is 0.152 e. The third-order valence-corrected chi connectivity index (χ3v) is 7.45. The third-order valence-electron chi connectivity index (χ3n) is 6.92. The van der Waals surface area contributed by atoms with Crippen LogP contribution in [0, 0.1) is 0 Å². The molecule has 6 heteroatoms. The van der Waals surface area contributed by atoms with Crippen LogP contribution in [0.2, 0.25) is 0 Å². The number of pyridine rings is 1. The Bertz CT molecular complexity index is 1110. The zero-order valence-corrected chi connectivity index (χ0v) is 21.4. The van der Waals surface area contributed by atoms with Crippen molar-refractivity contribution in [3.8, 4) is 5.75 Å². The van der Waals surface area contributed by atoms with Crippen LogP contribution in [-0.2, 0) is 13.1 Å². The van der Waals surface area contributed by atoms with Gasteiger partial charge in [-0.3, -0.25) is 19.7 Å². The minimum Gasteiger partial charge on any atom is -0.475 e. The van der Waals surface area contributed by atoms with Gasteiger partial charge in [0.25, 0.3) is 0 Å². The largest absolute Gasteiger partial charge is 0.475 e. The van der Waals surface area contributed by atoms with Crippen molar-refractivity contribution in [1.82, 2.24) is 19.7 Å². The minimum atomic E-state index is 0.0687. The first-order valence-electron chi connectivity index (χ1n) is 11.8. The second kappa shape index (κ2) is 9.34. The molecule has 1 saturated heterocycles. The van der Waals surface area contributed by atoms with Crippen molar-refractivity contribution in [2.75, 3.05) is 32.9 Å². The average molecular weight is 509 g/mol. The highest BCUT2D eigenvalue weighted by atomic mass is 79.9. The second-order valence-corrected chi connectivity index (χ2v) is 11.1. The summed E-state index contributed by atoms with van der Waals surface area (Å²) in [7, 11) is 0. The van der Waals surface area contributed by atoms with E-state index in [0.29, 0.717) is 12.8 Å². The van der Waals surface area contributed by atoms with Crippen molar-refractivity contribution < 1.29 is 4.74 Å². The number of halogens is 1. The summed E-state index contributed by atoms with van der Waals surface area (Å²) >= 11 is 3.58. The Kier molecular flexibility index (Phi) is 6.45. The minimum absolute atomic E-state index is 0.0687. The summed E-state index contributed by atoms with van der Waals surface area (Å²) < 4.78 is 7.37. The number of piperazine rings is 1. The van der Waals surface area contributed by atoms with E-state index >= 15 is 0 Å². The molecule has 5 nitrogen and oxygen atoms in total. The van der Waals surface area contributed by atoms with Gasteiger partial charge < -0.3 is 4.74 Å². The lowest BCUT2D eigenvalue weighted by atomic mass is 9.99. The number of hydrogen-bond acceptors (Lipinski definition) is 5. The van der Waals surface area contributed by atoms with Crippen molar-refractivity contribution in [2.24, 2.45) is 0 Å². The van der Waals surface area contributed by atoms with Crippen LogP contribution in [0.4, 0.5) is 0 Å². The molecule has 0 saturated carbocycles. The Labute approximate surface area is 205 Å². The van der Waals surface area contributed by atoms with Crippen molar-refractivity contribution in [3.05, 3.63) is 70.4 Å². The molecule has 1 aromatic carbocycles. The summed E-state index contributed by atoms with van der Waals surface area (Å²) in [5.41, 5.74) is 3.68. The number of ether oxygens (including phenoxy) is 1. The number of fused-ring (bicyclic) bond motifs is 3.